The molecule has 3 N–H and O–H groups in total. The zero-order valence-electron chi connectivity index (χ0n) is 9.35. The van der Waals surface area contributed by atoms with E-state index in [9.17, 15) is 0 Å². The van der Waals surface area contributed by atoms with E-state index in [1.807, 2.05) is 0 Å². The Balaban J connectivity index is 2.15. The van der Waals surface area contributed by atoms with Crippen LogP contribution in [0, 0.1) is 0 Å². The van der Waals surface area contributed by atoms with Crippen LogP contribution >= 0.6 is 11.8 Å². The zero-order chi connectivity index (χ0) is 11.1. The van der Waals surface area contributed by atoms with Crippen molar-refractivity contribution < 1.29 is 5.21 Å². The molecule has 0 aliphatic carbocycles. The smallest absolute Gasteiger partial charge is 0.139 e. The normalized spacial score (nSPS) is 24.3. The Morgan fingerprint density at radius 2 is 2.47 bits per heavy atom. The van der Waals surface area contributed by atoms with Gasteiger partial charge < -0.3 is 15.8 Å². The molecule has 5 heteroatoms. The van der Waals surface area contributed by atoms with Crippen molar-refractivity contribution in [2.24, 2.45) is 10.9 Å². The van der Waals surface area contributed by atoms with Crippen LogP contribution in [-0.4, -0.2) is 46.6 Å². The number of thioether (sulfide) groups is 1. The monoisotopic (exact) mass is 231 g/mol. The molecule has 1 saturated heterocycles. The minimum atomic E-state index is 0.341. The second kappa shape index (κ2) is 6.95. The van der Waals surface area contributed by atoms with Crippen molar-refractivity contribution in [3.8, 4) is 0 Å². The van der Waals surface area contributed by atoms with Gasteiger partial charge in [0.05, 0.1) is 0 Å². The van der Waals surface area contributed by atoms with Crippen LogP contribution in [0.15, 0.2) is 5.16 Å². The van der Waals surface area contributed by atoms with E-state index < -0.39 is 0 Å². The lowest BCUT2D eigenvalue weighted by atomic mass is 10.2. The van der Waals surface area contributed by atoms with Crippen LogP contribution in [-0.2, 0) is 0 Å². The van der Waals surface area contributed by atoms with Gasteiger partial charge in [0.2, 0.25) is 0 Å². The lowest BCUT2D eigenvalue weighted by molar-refractivity contribution is 0.278. The Hall–Kier alpha value is -0.420. The minimum Gasteiger partial charge on any atom is -0.409 e. The van der Waals surface area contributed by atoms with Gasteiger partial charge in [-0.25, -0.2) is 0 Å². The molecule has 0 saturated carbocycles. The standard InChI is InChI=1S/C10H21N3OS/c1-2-9-8-13(6-7-15-9)5-3-4-10(11)12-14/h9,14H,2-8H2,1H3,(H2,11,12). The zero-order valence-corrected chi connectivity index (χ0v) is 10.2. The lowest BCUT2D eigenvalue weighted by Gasteiger charge is -2.31. The van der Waals surface area contributed by atoms with Crippen LogP contribution in [0.5, 0.6) is 0 Å². The molecule has 1 rings (SSSR count). The SMILES string of the molecule is CCC1CN(CCCC(N)=NO)CCS1. The summed E-state index contributed by atoms with van der Waals surface area (Å²) in [4.78, 5) is 2.48. The molecular formula is C10H21N3OS. The number of amidine groups is 1. The largest absolute Gasteiger partial charge is 0.409 e. The Bertz CT molecular complexity index is 211. The predicted octanol–water partition coefficient (Wildman–Crippen LogP) is 1.34. The highest BCUT2D eigenvalue weighted by atomic mass is 32.2. The second-order valence-corrected chi connectivity index (χ2v) is 5.30. The Morgan fingerprint density at radius 3 is 3.13 bits per heavy atom. The van der Waals surface area contributed by atoms with E-state index in [4.69, 9.17) is 10.9 Å². The van der Waals surface area contributed by atoms with E-state index in [0.29, 0.717) is 12.3 Å². The molecule has 1 aliphatic heterocycles. The van der Waals surface area contributed by atoms with E-state index in [-0.39, 0.29) is 0 Å². The summed E-state index contributed by atoms with van der Waals surface area (Å²) < 4.78 is 0. The van der Waals surface area contributed by atoms with Gasteiger partial charge in [-0.2, -0.15) is 11.8 Å². The van der Waals surface area contributed by atoms with Gasteiger partial charge in [0.25, 0.3) is 0 Å². The number of hydrogen-bond donors (Lipinski definition) is 2. The number of rotatable bonds is 5. The van der Waals surface area contributed by atoms with Crippen LogP contribution in [0.2, 0.25) is 0 Å². The van der Waals surface area contributed by atoms with Gasteiger partial charge in [-0.1, -0.05) is 12.1 Å². The Labute approximate surface area is 95.9 Å². The maximum atomic E-state index is 8.40. The van der Waals surface area contributed by atoms with E-state index in [1.165, 1.54) is 25.3 Å². The highest BCUT2D eigenvalue weighted by Crippen LogP contribution is 2.21. The van der Waals surface area contributed by atoms with E-state index in [1.54, 1.807) is 0 Å². The number of oxime groups is 1. The maximum absolute atomic E-state index is 8.40. The van der Waals surface area contributed by atoms with Gasteiger partial charge in [-0.15, -0.1) is 0 Å². The molecule has 1 atom stereocenters. The molecule has 0 aromatic rings. The third kappa shape index (κ3) is 4.75. The molecule has 1 fully saturated rings. The highest BCUT2D eigenvalue weighted by Gasteiger charge is 2.18. The van der Waals surface area contributed by atoms with Crippen molar-refractivity contribution in [1.82, 2.24) is 4.90 Å². The van der Waals surface area contributed by atoms with Gasteiger partial charge in [0, 0.05) is 30.5 Å². The fourth-order valence-electron chi connectivity index (χ4n) is 1.76. The molecule has 88 valence electrons. The molecule has 0 spiro atoms. The molecule has 4 nitrogen and oxygen atoms in total. The number of hydrogen-bond acceptors (Lipinski definition) is 4. The van der Waals surface area contributed by atoms with Crippen LogP contribution in [0.3, 0.4) is 0 Å². The first-order chi connectivity index (χ1) is 7.26. The van der Waals surface area contributed by atoms with Crippen molar-refractivity contribution in [1.29, 1.82) is 0 Å². The van der Waals surface area contributed by atoms with Crippen molar-refractivity contribution in [3.05, 3.63) is 0 Å². The third-order valence-corrected chi connectivity index (χ3v) is 4.09. The van der Waals surface area contributed by atoms with Crippen LogP contribution in [0.4, 0.5) is 0 Å². The molecule has 0 aromatic heterocycles. The fourth-order valence-corrected chi connectivity index (χ4v) is 3.01. The lowest BCUT2D eigenvalue weighted by Crippen LogP contribution is -2.38. The summed E-state index contributed by atoms with van der Waals surface area (Å²) in [5.41, 5.74) is 5.42. The molecule has 1 unspecified atom stereocenters. The first-order valence-corrected chi connectivity index (χ1v) is 6.61. The molecular weight excluding hydrogens is 210 g/mol. The van der Waals surface area contributed by atoms with Gasteiger partial charge in [-0.3, -0.25) is 0 Å². The van der Waals surface area contributed by atoms with Crippen LogP contribution in [0.25, 0.3) is 0 Å². The van der Waals surface area contributed by atoms with E-state index >= 15 is 0 Å². The number of nitrogens with two attached hydrogens (primary N) is 1. The van der Waals surface area contributed by atoms with E-state index in [0.717, 1.165) is 18.2 Å². The summed E-state index contributed by atoms with van der Waals surface area (Å²) >= 11 is 2.08. The number of nitrogens with zero attached hydrogens (tertiary/aromatic N) is 2. The van der Waals surface area contributed by atoms with Crippen molar-refractivity contribution in [3.63, 3.8) is 0 Å². The Kier molecular flexibility index (Phi) is 5.86. The molecule has 0 bridgehead atoms. The first-order valence-electron chi connectivity index (χ1n) is 5.56. The van der Waals surface area contributed by atoms with Gasteiger partial charge in [0.1, 0.15) is 5.84 Å². The molecule has 15 heavy (non-hydrogen) atoms. The summed E-state index contributed by atoms with van der Waals surface area (Å²) in [5, 5.41) is 12.2. The van der Waals surface area contributed by atoms with Gasteiger partial charge in [-0.05, 0) is 19.4 Å². The van der Waals surface area contributed by atoms with E-state index in [2.05, 4.69) is 28.7 Å². The maximum Gasteiger partial charge on any atom is 0.139 e. The van der Waals surface area contributed by atoms with Crippen LogP contribution < -0.4 is 5.73 Å². The van der Waals surface area contributed by atoms with Crippen molar-refractivity contribution in [2.45, 2.75) is 31.4 Å². The third-order valence-electron chi connectivity index (χ3n) is 2.71. The molecule has 0 amide bonds. The van der Waals surface area contributed by atoms with Gasteiger partial charge in [0.15, 0.2) is 0 Å². The Morgan fingerprint density at radius 1 is 1.67 bits per heavy atom. The second-order valence-electron chi connectivity index (χ2n) is 3.90. The molecule has 1 aliphatic rings. The molecule has 0 aromatic carbocycles. The summed E-state index contributed by atoms with van der Waals surface area (Å²) in [6.07, 6.45) is 2.93. The summed E-state index contributed by atoms with van der Waals surface area (Å²) in [5.74, 6) is 1.58. The fraction of sp³-hybridized carbons (Fsp3) is 0.900. The van der Waals surface area contributed by atoms with Crippen molar-refractivity contribution >= 4 is 17.6 Å². The van der Waals surface area contributed by atoms with Crippen molar-refractivity contribution in [2.75, 3.05) is 25.4 Å². The minimum absolute atomic E-state index is 0.341. The molecule has 0 radical (unpaired) electrons. The van der Waals surface area contributed by atoms with Gasteiger partial charge >= 0.3 is 0 Å². The van der Waals surface area contributed by atoms with Crippen LogP contribution in [0.1, 0.15) is 26.2 Å². The predicted molar refractivity (Wildman–Crippen MR) is 65.6 cm³/mol. The topological polar surface area (TPSA) is 61.8 Å². The molecule has 1 heterocycles. The summed E-state index contributed by atoms with van der Waals surface area (Å²) in [7, 11) is 0. The average Bonchev–Trinajstić information content (AvgIpc) is 2.29. The summed E-state index contributed by atoms with van der Waals surface area (Å²) in [6, 6.07) is 0. The first kappa shape index (κ1) is 12.6. The average molecular weight is 231 g/mol. The quantitative estimate of drug-likeness (QED) is 0.324. The highest BCUT2D eigenvalue weighted by molar-refractivity contribution is 8.00. The summed E-state index contributed by atoms with van der Waals surface area (Å²) in [6.45, 7) is 5.68.